The molecular formula is C14H15Br3N2O. The van der Waals surface area contributed by atoms with Crippen LogP contribution in [0.15, 0.2) is 44.0 Å². The topological polar surface area (TPSA) is 37.0 Å². The Hall–Kier alpha value is -0.300. The molecule has 3 nitrogen and oxygen atoms in total. The molecule has 0 saturated carbocycles. The van der Waals surface area contributed by atoms with Crippen LogP contribution in [0.5, 0.6) is 5.75 Å². The van der Waals surface area contributed by atoms with Crippen molar-refractivity contribution in [3.63, 3.8) is 0 Å². The van der Waals surface area contributed by atoms with Gasteiger partial charge in [0.1, 0.15) is 12.0 Å². The van der Waals surface area contributed by atoms with Crippen LogP contribution in [-0.4, -0.2) is 17.8 Å². The first-order valence-corrected chi connectivity index (χ1v) is 8.60. The van der Waals surface area contributed by atoms with Gasteiger partial charge >= 0.3 is 0 Å². The second-order valence-corrected chi connectivity index (χ2v) is 7.01. The summed E-state index contributed by atoms with van der Waals surface area (Å²) in [4.78, 5) is 3.05. The van der Waals surface area contributed by atoms with Crippen LogP contribution in [0.25, 0.3) is 0 Å². The lowest BCUT2D eigenvalue weighted by Crippen LogP contribution is -2.33. The minimum Gasteiger partial charge on any atom is -0.473 e. The first-order valence-electron chi connectivity index (χ1n) is 6.22. The molecule has 1 heterocycles. The zero-order valence-corrected chi connectivity index (χ0v) is 15.7. The number of hydrogen-bond acceptors (Lipinski definition) is 2. The summed E-state index contributed by atoms with van der Waals surface area (Å²) < 4.78 is 8.74. The molecule has 0 aliphatic rings. The van der Waals surface area contributed by atoms with Crippen molar-refractivity contribution in [1.29, 1.82) is 0 Å². The fraction of sp³-hybridized carbons (Fsp3) is 0.286. The standard InChI is InChI=1S/C14H15Br3N2O/c1-9(19-5-3-10-2-4-18-8-10)20-14-12(16)6-11(15)7-13(14)17/h2,4,6-9,18-19H,3,5H2,1H3. The third-order valence-corrected chi connectivity index (χ3v) is 4.40. The van der Waals surface area contributed by atoms with Gasteiger partial charge in [-0.1, -0.05) is 15.9 Å². The van der Waals surface area contributed by atoms with Crippen LogP contribution in [0.1, 0.15) is 12.5 Å². The summed E-state index contributed by atoms with van der Waals surface area (Å²) in [5.74, 6) is 0.801. The molecule has 108 valence electrons. The van der Waals surface area contributed by atoms with Crippen molar-refractivity contribution in [2.45, 2.75) is 19.6 Å². The fourth-order valence-electron chi connectivity index (χ4n) is 1.79. The summed E-state index contributed by atoms with van der Waals surface area (Å²) in [6, 6.07) is 6.01. The Labute approximate surface area is 143 Å². The summed E-state index contributed by atoms with van der Waals surface area (Å²) in [6.07, 6.45) is 4.85. The molecule has 0 aliphatic carbocycles. The highest BCUT2D eigenvalue weighted by atomic mass is 79.9. The van der Waals surface area contributed by atoms with E-state index in [2.05, 4.69) is 64.2 Å². The minimum absolute atomic E-state index is 0.0669. The van der Waals surface area contributed by atoms with Gasteiger partial charge in [-0.2, -0.15) is 0 Å². The van der Waals surface area contributed by atoms with Crippen LogP contribution in [0.4, 0.5) is 0 Å². The Balaban J connectivity index is 1.86. The molecule has 20 heavy (non-hydrogen) atoms. The zero-order valence-electron chi connectivity index (χ0n) is 10.9. The van der Waals surface area contributed by atoms with E-state index < -0.39 is 0 Å². The lowest BCUT2D eigenvalue weighted by atomic mass is 10.2. The van der Waals surface area contributed by atoms with E-state index in [9.17, 15) is 0 Å². The van der Waals surface area contributed by atoms with Gasteiger partial charge in [0.15, 0.2) is 0 Å². The second kappa shape index (κ2) is 7.64. The van der Waals surface area contributed by atoms with Crippen molar-refractivity contribution in [3.8, 4) is 5.75 Å². The SMILES string of the molecule is CC(NCCc1cc[nH]c1)Oc1c(Br)cc(Br)cc1Br. The number of aromatic amines is 1. The van der Waals surface area contributed by atoms with Crippen molar-refractivity contribution in [3.05, 3.63) is 49.6 Å². The van der Waals surface area contributed by atoms with Gasteiger partial charge in [0, 0.05) is 23.4 Å². The summed E-state index contributed by atoms with van der Waals surface area (Å²) in [5.41, 5.74) is 1.29. The van der Waals surface area contributed by atoms with E-state index in [0.29, 0.717) is 0 Å². The third-order valence-electron chi connectivity index (χ3n) is 2.77. The number of H-pyrrole nitrogens is 1. The molecule has 0 saturated heterocycles. The maximum atomic E-state index is 5.92. The van der Waals surface area contributed by atoms with Crippen LogP contribution in [0.2, 0.25) is 0 Å². The van der Waals surface area contributed by atoms with E-state index in [1.165, 1.54) is 5.56 Å². The molecule has 1 aromatic carbocycles. The number of ether oxygens (including phenoxy) is 1. The van der Waals surface area contributed by atoms with E-state index in [1.807, 2.05) is 31.5 Å². The average molecular weight is 467 g/mol. The molecule has 0 spiro atoms. The zero-order chi connectivity index (χ0) is 14.5. The minimum atomic E-state index is -0.0669. The molecule has 0 fully saturated rings. The lowest BCUT2D eigenvalue weighted by molar-refractivity contribution is 0.181. The second-order valence-electron chi connectivity index (χ2n) is 4.38. The van der Waals surface area contributed by atoms with Gasteiger partial charge in [0.25, 0.3) is 0 Å². The van der Waals surface area contributed by atoms with Crippen LogP contribution >= 0.6 is 47.8 Å². The predicted octanol–water partition coefficient (Wildman–Crippen LogP) is 4.86. The molecule has 6 heteroatoms. The molecule has 2 rings (SSSR count). The van der Waals surface area contributed by atoms with Gasteiger partial charge in [-0.3, -0.25) is 5.32 Å². The molecule has 1 atom stereocenters. The van der Waals surface area contributed by atoms with Crippen LogP contribution in [0.3, 0.4) is 0 Å². The normalized spacial score (nSPS) is 12.4. The van der Waals surface area contributed by atoms with Crippen LogP contribution in [0, 0.1) is 0 Å². The number of rotatable bonds is 6. The van der Waals surface area contributed by atoms with Crippen molar-refractivity contribution in [2.24, 2.45) is 0 Å². The molecule has 0 aliphatic heterocycles. The third kappa shape index (κ3) is 4.62. The van der Waals surface area contributed by atoms with Gasteiger partial charge in [-0.15, -0.1) is 0 Å². The monoisotopic (exact) mass is 464 g/mol. The Morgan fingerprint density at radius 2 is 1.95 bits per heavy atom. The number of aromatic nitrogens is 1. The smallest absolute Gasteiger partial charge is 0.150 e. The van der Waals surface area contributed by atoms with Gasteiger partial charge in [0.05, 0.1) is 8.95 Å². The molecule has 1 unspecified atom stereocenters. The highest BCUT2D eigenvalue weighted by Gasteiger charge is 2.11. The highest BCUT2D eigenvalue weighted by Crippen LogP contribution is 2.36. The van der Waals surface area contributed by atoms with Crippen molar-refractivity contribution in [1.82, 2.24) is 10.3 Å². The van der Waals surface area contributed by atoms with Gasteiger partial charge in [-0.25, -0.2) is 0 Å². The van der Waals surface area contributed by atoms with Crippen LogP contribution < -0.4 is 10.1 Å². The maximum absolute atomic E-state index is 5.92. The van der Waals surface area contributed by atoms with Crippen molar-refractivity contribution < 1.29 is 4.74 Å². The summed E-state index contributed by atoms with van der Waals surface area (Å²) >= 11 is 10.5. The number of halogens is 3. The first kappa shape index (κ1) is 16.1. The Morgan fingerprint density at radius 1 is 1.25 bits per heavy atom. The van der Waals surface area contributed by atoms with Gasteiger partial charge in [0.2, 0.25) is 0 Å². The molecule has 0 amide bonds. The molecule has 2 N–H and O–H groups in total. The molecule has 0 bridgehead atoms. The quantitative estimate of drug-likeness (QED) is 0.596. The van der Waals surface area contributed by atoms with E-state index in [0.717, 1.165) is 32.1 Å². The van der Waals surface area contributed by atoms with Gasteiger partial charge in [-0.05, 0) is 69.0 Å². The average Bonchev–Trinajstić information content (AvgIpc) is 2.87. The molecule has 0 radical (unpaired) electrons. The Morgan fingerprint density at radius 3 is 2.55 bits per heavy atom. The van der Waals surface area contributed by atoms with E-state index in [-0.39, 0.29) is 6.23 Å². The Bertz CT molecular complexity index is 535. The van der Waals surface area contributed by atoms with Gasteiger partial charge < -0.3 is 9.72 Å². The maximum Gasteiger partial charge on any atom is 0.150 e. The van der Waals surface area contributed by atoms with Crippen molar-refractivity contribution >= 4 is 47.8 Å². The van der Waals surface area contributed by atoms with Crippen LogP contribution in [-0.2, 0) is 6.42 Å². The molecular weight excluding hydrogens is 452 g/mol. The molecule has 1 aromatic heterocycles. The number of hydrogen-bond donors (Lipinski definition) is 2. The lowest BCUT2D eigenvalue weighted by Gasteiger charge is -2.18. The summed E-state index contributed by atoms with van der Waals surface area (Å²) in [5, 5.41) is 3.35. The van der Waals surface area contributed by atoms with E-state index in [1.54, 1.807) is 0 Å². The van der Waals surface area contributed by atoms with E-state index in [4.69, 9.17) is 4.74 Å². The van der Waals surface area contributed by atoms with Crippen molar-refractivity contribution in [2.75, 3.05) is 6.54 Å². The number of benzene rings is 1. The first-order chi connectivity index (χ1) is 9.56. The molecule has 2 aromatic rings. The highest BCUT2D eigenvalue weighted by molar-refractivity contribution is 9.11. The predicted molar refractivity (Wildman–Crippen MR) is 92.1 cm³/mol. The summed E-state index contributed by atoms with van der Waals surface area (Å²) in [7, 11) is 0. The fourth-order valence-corrected chi connectivity index (χ4v) is 4.24. The number of nitrogens with one attached hydrogen (secondary N) is 2. The largest absolute Gasteiger partial charge is 0.473 e. The summed E-state index contributed by atoms with van der Waals surface area (Å²) in [6.45, 7) is 2.86. The van der Waals surface area contributed by atoms with E-state index >= 15 is 0 Å². The Kier molecular flexibility index (Phi) is 6.14.